The van der Waals surface area contributed by atoms with Crippen molar-refractivity contribution >= 4 is 11.9 Å². The number of aromatic nitrogens is 3. The predicted octanol–water partition coefficient (Wildman–Crippen LogP) is 1.91. The molecule has 0 saturated carbocycles. The summed E-state index contributed by atoms with van der Waals surface area (Å²) in [6.45, 7) is 3.84. The molecule has 0 aromatic carbocycles. The lowest BCUT2D eigenvalue weighted by Gasteiger charge is -2.24. The van der Waals surface area contributed by atoms with Crippen molar-refractivity contribution in [2.24, 2.45) is 0 Å². The number of carbonyl (C=O) groups excluding carboxylic acids is 1. The second-order valence-electron chi connectivity index (χ2n) is 6.88. The largest absolute Gasteiger partial charge is 0.351 e. The van der Waals surface area contributed by atoms with Crippen LogP contribution in [0.25, 0.3) is 0 Å². The van der Waals surface area contributed by atoms with E-state index < -0.39 is 0 Å². The first-order valence-corrected chi connectivity index (χ1v) is 8.95. The van der Waals surface area contributed by atoms with Crippen LogP contribution in [0.3, 0.4) is 0 Å². The summed E-state index contributed by atoms with van der Waals surface area (Å²) < 4.78 is 0. The highest BCUT2D eigenvalue weighted by Gasteiger charge is 2.27. The summed E-state index contributed by atoms with van der Waals surface area (Å²) in [7, 11) is 3.87. The number of anilines is 1. The second kappa shape index (κ2) is 8.23. The first kappa shape index (κ1) is 18.3. The maximum Gasteiger partial charge on any atom is 0.224 e. The van der Waals surface area contributed by atoms with Crippen LogP contribution in [0.2, 0.25) is 0 Å². The molecule has 7 heteroatoms. The smallest absolute Gasteiger partial charge is 0.224 e. The van der Waals surface area contributed by atoms with Crippen LogP contribution >= 0.6 is 0 Å². The van der Waals surface area contributed by atoms with E-state index in [0.29, 0.717) is 12.6 Å². The lowest BCUT2D eigenvalue weighted by Crippen LogP contribution is -2.25. The molecular weight excluding hydrogens is 328 g/mol. The first-order chi connectivity index (χ1) is 12.5. The number of pyridine rings is 1. The highest BCUT2D eigenvalue weighted by molar-refractivity contribution is 5.72. The SMILES string of the molecule is CC(=O)NCc1cccc([C@H]2CCCN2Cc2cnc(N(C)C)nc2)n1. The zero-order valence-electron chi connectivity index (χ0n) is 15.6. The van der Waals surface area contributed by atoms with Crippen LogP contribution in [0.5, 0.6) is 0 Å². The number of amides is 1. The van der Waals surface area contributed by atoms with Gasteiger partial charge in [-0.3, -0.25) is 14.7 Å². The predicted molar refractivity (Wildman–Crippen MR) is 101 cm³/mol. The molecule has 2 aromatic rings. The molecule has 1 aliphatic heterocycles. The van der Waals surface area contributed by atoms with Crippen molar-refractivity contribution < 1.29 is 4.79 Å². The fourth-order valence-corrected chi connectivity index (χ4v) is 3.24. The topological polar surface area (TPSA) is 74.2 Å². The van der Waals surface area contributed by atoms with Crippen LogP contribution in [-0.2, 0) is 17.9 Å². The van der Waals surface area contributed by atoms with Crippen LogP contribution in [0.4, 0.5) is 5.95 Å². The first-order valence-electron chi connectivity index (χ1n) is 8.95. The Kier molecular flexibility index (Phi) is 5.78. The zero-order valence-corrected chi connectivity index (χ0v) is 15.6. The Balaban J connectivity index is 1.69. The summed E-state index contributed by atoms with van der Waals surface area (Å²) in [5, 5.41) is 2.81. The van der Waals surface area contributed by atoms with Crippen molar-refractivity contribution in [2.45, 2.75) is 38.9 Å². The number of likely N-dealkylation sites (tertiary alicyclic amines) is 1. The molecule has 0 spiro atoms. The number of hydrogen-bond acceptors (Lipinski definition) is 6. The van der Waals surface area contributed by atoms with E-state index in [-0.39, 0.29) is 5.91 Å². The molecule has 2 aromatic heterocycles. The number of nitrogens with zero attached hydrogens (tertiary/aromatic N) is 5. The molecule has 3 rings (SSSR count). The van der Waals surface area contributed by atoms with E-state index in [0.717, 1.165) is 48.8 Å². The molecule has 1 atom stereocenters. The van der Waals surface area contributed by atoms with Gasteiger partial charge in [0.15, 0.2) is 0 Å². The van der Waals surface area contributed by atoms with Crippen LogP contribution < -0.4 is 10.2 Å². The lowest BCUT2D eigenvalue weighted by molar-refractivity contribution is -0.119. The third-order valence-electron chi connectivity index (χ3n) is 4.53. The molecule has 1 amide bonds. The van der Waals surface area contributed by atoms with Crippen molar-refractivity contribution in [3.8, 4) is 0 Å². The minimum absolute atomic E-state index is 0.0409. The quantitative estimate of drug-likeness (QED) is 0.854. The molecule has 0 radical (unpaired) electrons. The Hall–Kier alpha value is -2.54. The summed E-state index contributed by atoms with van der Waals surface area (Å²) in [6, 6.07) is 6.34. The van der Waals surface area contributed by atoms with Gasteiger partial charge in [-0.05, 0) is 31.5 Å². The van der Waals surface area contributed by atoms with E-state index in [4.69, 9.17) is 4.98 Å². The van der Waals surface area contributed by atoms with Gasteiger partial charge in [0.2, 0.25) is 11.9 Å². The molecule has 1 N–H and O–H groups in total. The molecule has 0 unspecified atom stereocenters. The fraction of sp³-hybridized carbons (Fsp3) is 0.474. The Morgan fingerprint density at radius 1 is 1.31 bits per heavy atom. The minimum Gasteiger partial charge on any atom is -0.351 e. The molecule has 7 nitrogen and oxygen atoms in total. The average molecular weight is 354 g/mol. The number of hydrogen-bond donors (Lipinski definition) is 1. The molecule has 26 heavy (non-hydrogen) atoms. The molecule has 1 fully saturated rings. The molecule has 1 saturated heterocycles. The zero-order chi connectivity index (χ0) is 18.5. The number of nitrogens with one attached hydrogen (secondary N) is 1. The standard InChI is InChI=1S/C19H26N6O/c1-14(26)20-12-16-6-4-7-17(23-16)18-8-5-9-25(18)13-15-10-21-19(22-11-15)24(2)3/h4,6-7,10-11,18H,5,8-9,12-13H2,1-3H3,(H,20,26)/t18-/m1/s1. The summed E-state index contributed by atoms with van der Waals surface area (Å²) in [4.78, 5) is 29.0. The van der Waals surface area contributed by atoms with Crippen LogP contribution in [-0.4, -0.2) is 46.4 Å². The van der Waals surface area contributed by atoms with Crippen LogP contribution in [0.15, 0.2) is 30.6 Å². The van der Waals surface area contributed by atoms with E-state index in [9.17, 15) is 4.79 Å². The summed E-state index contributed by atoms with van der Waals surface area (Å²) in [5.41, 5.74) is 3.07. The molecule has 0 bridgehead atoms. The minimum atomic E-state index is -0.0409. The van der Waals surface area contributed by atoms with E-state index in [1.54, 1.807) is 0 Å². The monoisotopic (exact) mass is 354 g/mol. The molecule has 0 aliphatic carbocycles. The maximum absolute atomic E-state index is 11.1. The third-order valence-corrected chi connectivity index (χ3v) is 4.53. The van der Waals surface area contributed by atoms with E-state index >= 15 is 0 Å². The highest BCUT2D eigenvalue weighted by atomic mass is 16.1. The number of carbonyl (C=O) groups is 1. The van der Waals surface area contributed by atoms with Gasteiger partial charge >= 0.3 is 0 Å². The van der Waals surface area contributed by atoms with Gasteiger partial charge in [0, 0.05) is 45.5 Å². The molecule has 3 heterocycles. The maximum atomic E-state index is 11.1. The highest BCUT2D eigenvalue weighted by Crippen LogP contribution is 2.32. The van der Waals surface area contributed by atoms with Gasteiger partial charge in [-0.1, -0.05) is 6.07 Å². The van der Waals surface area contributed by atoms with Crippen molar-refractivity contribution in [3.05, 3.63) is 47.5 Å². The van der Waals surface area contributed by atoms with Crippen molar-refractivity contribution in [2.75, 3.05) is 25.5 Å². The summed E-state index contributed by atoms with van der Waals surface area (Å²) in [6.07, 6.45) is 6.04. The molecular formula is C19H26N6O. The lowest BCUT2D eigenvalue weighted by atomic mass is 10.1. The van der Waals surface area contributed by atoms with E-state index in [1.807, 2.05) is 43.5 Å². The van der Waals surface area contributed by atoms with Gasteiger partial charge in [-0.25, -0.2) is 9.97 Å². The van der Waals surface area contributed by atoms with Gasteiger partial charge in [0.1, 0.15) is 0 Å². The Morgan fingerprint density at radius 3 is 2.77 bits per heavy atom. The van der Waals surface area contributed by atoms with Gasteiger partial charge in [0.25, 0.3) is 0 Å². The van der Waals surface area contributed by atoms with Crippen LogP contribution in [0.1, 0.15) is 42.8 Å². The van der Waals surface area contributed by atoms with Gasteiger partial charge in [-0.2, -0.15) is 0 Å². The van der Waals surface area contributed by atoms with Crippen molar-refractivity contribution in [1.29, 1.82) is 0 Å². The normalized spacial score (nSPS) is 17.3. The molecule has 1 aliphatic rings. The summed E-state index contributed by atoms with van der Waals surface area (Å²) in [5.74, 6) is 0.680. The Labute approximate surface area is 154 Å². The number of rotatable bonds is 6. The molecule has 138 valence electrons. The average Bonchev–Trinajstić information content (AvgIpc) is 3.09. The Bertz CT molecular complexity index is 746. The van der Waals surface area contributed by atoms with Crippen LogP contribution in [0, 0.1) is 0 Å². The van der Waals surface area contributed by atoms with Gasteiger partial charge in [0.05, 0.1) is 24.0 Å². The Morgan fingerprint density at radius 2 is 2.08 bits per heavy atom. The third kappa shape index (κ3) is 4.54. The van der Waals surface area contributed by atoms with E-state index in [2.05, 4.69) is 26.3 Å². The van der Waals surface area contributed by atoms with Gasteiger partial charge < -0.3 is 10.2 Å². The van der Waals surface area contributed by atoms with Crippen molar-refractivity contribution in [3.63, 3.8) is 0 Å². The second-order valence-corrected chi connectivity index (χ2v) is 6.88. The fourth-order valence-electron chi connectivity index (χ4n) is 3.24. The van der Waals surface area contributed by atoms with E-state index in [1.165, 1.54) is 6.92 Å². The van der Waals surface area contributed by atoms with Gasteiger partial charge in [-0.15, -0.1) is 0 Å². The summed E-state index contributed by atoms with van der Waals surface area (Å²) >= 11 is 0. The van der Waals surface area contributed by atoms with Crippen molar-refractivity contribution in [1.82, 2.24) is 25.2 Å².